The van der Waals surface area contributed by atoms with Crippen molar-refractivity contribution >= 4 is 80.7 Å². The highest BCUT2D eigenvalue weighted by Gasteiger charge is 2.37. The lowest BCUT2D eigenvalue weighted by molar-refractivity contribution is -0.115. The normalized spacial score (nSPS) is 16.2. The average molecular weight is 759 g/mol. The Bertz CT molecular complexity index is 2240. The number of hydrogen-bond acceptors (Lipinski definition) is 8. The number of carbonyl (C=O) groups is 4. The molecule has 1 aliphatic carbocycles. The van der Waals surface area contributed by atoms with Crippen molar-refractivity contribution in [2.45, 2.75) is 33.3 Å². The number of nitrogens with one attached hydrogen (secondary N) is 3. The quantitative estimate of drug-likeness (QED) is 0.101. The molecule has 266 valence electrons. The molecule has 4 amide bonds. The summed E-state index contributed by atoms with van der Waals surface area (Å²) in [5, 5.41) is 8.42. The third kappa shape index (κ3) is 7.80. The number of hydrogen-bond donors (Lipinski definition) is 3. The van der Waals surface area contributed by atoms with E-state index in [4.69, 9.17) is 4.74 Å². The van der Waals surface area contributed by atoms with Gasteiger partial charge in [-0.1, -0.05) is 91.0 Å². The summed E-state index contributed by atoms with van der Waals surface area (Å²) in [6.45, 7) is 1.66. The van der Waals surface area contributed by atoms with Crippen LogP contribution < -0.4 is 20.9 Å². The van der Waals surface area contributed by atoms with Crippen LogP contribution in [0.3, 0.4) is 0 Å². The molecule has 12 heteroatoms. The van der Waals surface area contributed by atoms with Gasteiger partial charge in [0.05, 0.1) is 34.5 Å². The first-order valence-electron chi connectivity index (χ1n) is 16.7. The number of nitrogens with zero attached hydrogens (tertiary/aromatic N) is 1. The molecule has 53 heavy (non-hydrogen) atoms. The summed E-state index contributed by atoms with van der Waals surface area (Å²) < 4.78 is 5.06. The van der Waals surface area contributed by atoms with Gasteiger partial charge in [-0.15, -0.1) is 34.9 Å². The Labute approximate surface area is 319 Å². The Balaban J connectivity index is 1.14. The van der Waals surface area contributed by atoms with Crippen LogP contribution in [0.1, 0.15) is 36.4 Å². The number of esters is 1. The van der Waals surface area contributed by atoms with E-state index in [0.29, 0.717) is 16.9 Å². The zero-order valence-corrected chi connectivity index (χ0v) is 31.1. The molecule has 1 aliphatic heterocycles. The first kappa shape index (κ1) is 35.8. The third-order valence-electron chi connectivity index (χ3n) is 8.65. The van der Waals surface area contributed by atoms with Crippen LogP contribution in [0.4, 0.5) is 26.9 Å². The van der Waals surface area contributed by atoms with Crippen molar-refractivity contribution in [2.75, 3.05) is 28.0 Å². The number of thiophene rings is 1. The maximum absolute atomic E-state index is 14.2. The summed E-state index contributed by atoms with van der Waals surface area (Å²) in [5.41, 5.74) is 3.27. The molecular weight excluding hydrogens is 725 g/mol. The van der Waals surface area contributed by atoms with Gasteiger partial charge in [0.1, 0.15) is 10.3 Å². The fourth-order valence-corrected chi connectivity index (χ4v) is 9.58. The highest BCUT2D eigenvalue weighted by molar-refractivity contribution is 8.00. The smallest absolute Gasteiger partial charge is 0.341 e. The first-order chi connectivity index (χ1) is 25.8. The van der Waals surface area contributed by atoms with Gasteiger partial charge < -0.3 is 20.7 Å². The lowest BCUT2D eigenvalue weighted by Crippen LogP contribution is -2.49. The monoisotopic (exact) mass is 758 g/mol. The summed E-state index contributed by atoms with van der Waals surface area (Å²) in [4.78, 5) is 58.3. The molecule has 3 atom stereocenters. The molecule has 7 rings (SSSR count). The van der Waals surface area contributed by atoms with Crippen LogP contribution in [0.5, 0.6) is 0 Å². The van der Waals surface area contributed by atoms with Gasteiger partial charge in [-0.05, 0) is 60.5 Å². The summed E-state index contributed by atoms with van der Waals surface area (Å²) in [6.07, 6.45) is 8.13. The van der Waals surface area contributed by atoms with Crippen LogP contribution in [0.15, 0.2) is 143 Å². The number of amides is 4. The van der Waals surface area contributed by atoms with Crippen LogP contribution in [-0.2, 0) is 9.53 Å². The van der Waals surface area contributed by atoms with E-state index < -0.39 is 23.0 Å². The molecule has 4 aromatic carbocycles. The van der Waals surface area contributed by atoms with E-state index in [1.54, 1.807) is 47.9 Å². The molecule has 2 heterocycles. The lowest BCUT2D eigenvalue weighted by Gasteiger charge is -2.40. The van der Waals surface area contributed by atoms with Crippen molar-refractivity contribution in [3.63, 3.8) is 0 Å². The molecule has 0 saturated carbocycles. The van der Waals surface area contributed by atoms with Crippen LogP contribution in [-0.4, -0.2) is 42.2 Å². The number of urea groups is 1. The second kappa shape index (κ2) is 16.0. The molecule has 0 fully saturated rings. The molecule has 0 radical (unpaired) electrons. The van der Waals surface area contributed by atoms with Crippen LogP contribution in [0, 0.1) is 6.92 Å². The van der Waals surface area contributed by atoms with Crippen molar-refractivity contribution in [3.05, 3.63) is 155 Å². The summed E-state index contributed by atoms with van der Waals surface area (Å²) >= 11 is 4.05. The zero-order valence-electron chi connectivity index (χ0n) is 28.6. The highest BCUT2D eigenvalue weighted by Crippen LogP contribution is 2.44. The second-order valence-electron chi connectivity index (χ2n) is 12.1. The number of ether oxygens (including phenoxy) is 1. The largest absolute Gasteiger partial charge is 0.465 e. The van der Waals surface area contributed by atoms with E-state index in [9.17, 15) is 19.2 Å². The Morgan fingerprint density at radius 1 is 0.792 bits per heavy atom. The van der Waals surface area contributed by atoms with Crippen molar-refractivity contribution in [2.24, 2.45) is 0 Å². The Morgan fingerprint density at radius 3 is 2.26 bits per heavy atom. The molecule has 2 aliphatic rings. The van der Waals surface area contributed by atoms with E-state index in [2.05, 4.69) is 22.0 Å². The summed E-state index contributed by atoms with van der Waals surface area (Å²) in [6, 6.07) is 33.1. The molecule has 9 nitrogen and oxygen atoms in total. The first-order valence-corrected chi connectivity index (χ1v) is 19.3. The number of carbonyl (C=O) groups excluding carboxylic acids is 4. The van der Waals surface area contributed by atoms with E-state index in [1.807, 2.05) is 103 Å². The van der Waals surface area contributed by atoms with Crippen molar-refractivity contribution in [3.8, 4) is 0 Å². The fraction of sp³-hybridized carbons (Fsp3) is 0.122. The topological polar surface area (TPSA) is 117 Å². The number of rotatable bonds is 9. The molecule has 3 N–H and O–H groups in total. The van der Waals surface area contributed by atoms with E-state index >= 15 is 0 Å². The predicted octanol–water partition coefficient (Wildman–Crippen LogP) is 9.57. The number of methoxy groups -OCH3 is 1. The van der Waals surface area contributed by atoms with Gasteiger partial charge in [-0.3, -0.25) is 14.5 Å². The van der Waals surface area contributed by atoms with Gasteiger partial charge in [0.2, 0.25) is 5.91 Å². The fourth-order valence-electron chi connectivity index (χ4n) is 6.15. The second-order valence-corrected chi connectivity index (χ2v) is 15.5. The molecule has 5 aromatic rings. The predicted molar refractivity (Wildman–Crippen MR) is 215 cm³/mol. The van der Waals surface area contributed by atoms with E-state index in [0.717, 1.165) is 32.4 Å². The van der Waals surface area contributed by atoms with Gasteiger partial charge >= 0.3 is 12.0 Å². The number of para-hydroxylation sites is 2. The number of fused-ring (bicyclic) bond motifs is 2. The minimum Gasteiger partial charge on any atom is -0.465 e. The van der Waals surface area contributed by atoms with Crippen molar-refractivity contribution in [1.29, 1.82) is 0 Å². The van der Waals surface area contributed by atoms with Crippen molar-refractivity contribution < 1.29 is 23.9 Å². The van der Waals surface area contributed by atoms with E-state index in [1.165, 1.54) is 18.9 Å². The number of anilines is 4. The maximum atomic E-state index is 14.2. The minimum absolute atomic E-state index is 0.0915. The van der Waals surface area contributed by atoms with Crippen molar-refractivity contribution in [1.82, 2.24) is 0 Å². The van der Waals surface area contributed by atoms with E-state index in [-0.39, 0.29) is 32.8 Å². The van der Waals surface area contributed by atoms with Crippen LogP contribution >= 0.6 is 34.9 Å². The molecular formula is C41H34N4O5S3. The van der Waals surface area contributed by atoms with Gasteiger partial charge in [-0.25, -0.2) is 9.59 Å². The molecule has 1 aromatic heterocycles. The Morgan fingerprint density at radius 2 is 1.49 bits per heavy atom. The number of benzene rings is 4. The van der Waals surface area contributed by atoms with Crippen LogP contribution in [0.25, 0.3) is 0 Å². The van der Waals surface area contributed by atoms with Gasteiger partial charge in [0.25, 0.3) is 5.91 Å². The molecule has 0 saturated heterocycles. The zero-order chi connectivity index (χ0) is 36.9. The molecule has 3 unspecified atom stereocenters. The number of thioether (sulfide) groups is 2. The average Bonchev–Trinajstić information content (AvgIpc) is 3.51. The highest BCUT2D eigenvalue weighted by atomic mass is 32.2. The maximum Gasteiger partial charge on any atom is 0.341 e. The molecule has 0 spiro atoms. The Hall–Kier alpha value is -5.56. The summed E-state index contributed by atoms with van der Waals surface area (Å²) in [5.74, 6) is -1.47. The molecule has 0 bridgehead atoms. The van der Waals surface area contributed by atoms with Gasteiger partial charge in [0.15, 0.2) is 0 Å². The summed E-state index contributed by atoms with van der Waals surface area (Å²) in [7, 11) is 1.26. The Kier molecular flexibility index (Phi) is 10.8. The minimum atomic E-state index is -0.762. The van der Waals surface area contributed by atoms with Gasteiger partial charge in [0, 0.05) is 21.2 Å². The standard InChI is InChI=1S/C41H34N4O5S3/c1-25-34(40(48)50-2)39(53-35(25)37(46)42-27-16-7-4-8-17-27)44-38(47)36(26-14-5-3-6-15-26)51-29-19-13-18-28(24-29)43-41(49)45-30-20-9-11-22-32(30)52-33-23-12-10-21-31(33)45/h3-24,30,32,36H,1-2H3,(H,42,46)(H,43,49)(H,44,47). The SMILES string of the molecule is COC(=O)c1c(NC(=O)C(Sc2cccc(NC(=O)N3c4ccccc4SC4C=CC=CC43)c2)c2ccccc2)sc(C(=O)Nc2ccccc2)c1C. The van der Waals surface area contributed by atoms with Crippen LogP contribution in [0.2, 0.25) is 0 Å². The lowest BCUT2D eigenvalue weighted by atomic mass is 10.1. The number of allylic oxidation sites excluding steroid dienone is 2. The third-order valence-corrected chi connectivity index (χ3v) is 12.4. The van der Waals surface area contributed by atoms with Gasteiger partial charge in [-0.2, -0.15) is 0 Å².